The summed E-state index contributed by atoms with van der Waals surface area (Å²) in [6.07, 6.45) is 3.84. The molecule has 0 amide bonds. The highest BCUT2D eigenvalue weighted by atomic mass is 16.4. The van der Waals surface area contributed by atoms with Gasteiger partial charge in [-0.15, -0.1) is 0 Å². The van der Waals surface area contributed by atoms with Crippen molar-refractivity contribution in [3.63, 3.8) is 0 Å². The Labute approximate surface area is 102 Å². The molecule has 1 fully saturated rings. The molecule has 1 saturated heterocycles. The molecule has 17 heavy (non-hydrogen) atoms. The first kappa shape index (κ1) is 12.0. The third-order valence-corrected chi connectivity index (χ3v) is 3.48. The fourth-order valence-corrected chi connectivity index (χ4v) is 2.27. The molecule has 1 aromatic rings. The van der Waals surface area contributed by atoms with E-state index >= 15 is 0 Å². The Morgan fingerprint density at radius 3 is 2.29 bits per heavy atom. The molecule has 0 aliphatic carbocycles. The molecule has 0 spiro atoms. The Morgan fingerprint density at radius 2 is 1.76 bits per heavy atom. The van der Waals surface area contributed by atoms with Crippen LogP contribution in [0.3, 0.4) is 0 Å². The quantitative estimate of drug-likeness (QED) is 0.872. The topological polar surface area (TPSA) is 40.5 Å². The fraction of sp³-hybridized carbons (Fsp3) is 0.500. The second-order valence-corrected chi connectivity index (χ2v) is 4.70. The zero-order valence-electron chi connectivity index (χ0n) is 10.2. The molecule has 1 atom stereocenters. The third kappa shape index (κ3) is 2.78. The summed E-state index contributed by atoms with van der Waals surface area (Å²) in [6, 6.07) is 7.95. The van der Waals surface area contributed by atoms with Crippen LogP contribution in [0.4, 0.5) is 5.69 Å². The Balaban J connectivity index is 2.09. The summed E-state index contributed by atoms with van der Waals surface area (Å²) >= 11 is 0. The van der Waals surface area contributed by atoms with E-state index in [1.807, 2.05) is 24.3 Å². The monoisotopic (exact) mass is 233 g/mol. The number of piperidine rings is 1. The van der Waals surface area contributed by atoms with E-state index in [2.05, 4.69) is 4.90 Å². The minimum absolute atomic E-state index is 0.426. The van der Waals surface area contributed by atoms with Crippen molar-refractivity contribution in [1.29, 1.82) is 0 Å². The van der Waals surface area contributed by atoms with Gasteiger partial charge in [-0.25, -0.2) is 0 Å². The zero-order chi connectivity index (χ0) is 12.3. The van der Waals surface area contributed by atoms with E-state index in [1.165, 1.54) is 24.9 Å². The van der Waals surface area contributed by atoms with Crippen molar-refractivity contribution in [3.05, 3.63) is 29.8 Å². The molecular formula is C14H19NO2. The highest BCUT2D eigenvalue weighted by molar-refractivity contribution is 5.75. The molecule has 3 nitrogen and oxygen atoms in total. The van der Waals surface area contributed by atoms with E-state index in [9.17, 15) is 4.79 Å². The van der Waals surface area contributed by atoms with Gasteiger partial charge in [0.1, 0.15) is 0 Å². The fourth-order valence-electron chi connectivity index (χ4n) is 2.27. The van der Waals surface area contributed by atoms with Gasteiger partial charge in [0.2, 0.25) is 0 Å². The lowest BCUT2D eigenvalue weighted by Gasteiger charge is -2.29. The van der Waals surface area contributed by atoms with E-state index in [4.69, 9.17) is 5.11 Å². The molecule has 1 N–H and O–H groups in total. The molecule has 92 valence electrons. The molecule has 1 heterocycles. The highest BCUT2D eigenvalue weighted by Crippen LogP contribution is 2.23. The van der Waals surface area contributed by atoms with Gasteiger partial charge in [0, 0.05) is 18.8 Å². The van der Waals surface area contributed by atoms with Crippen LogP contribution in [-0.4, -0.2) is 24.2 Å². The maximum atomic E-state index is 10.9. The summed E-state index contributed by atoms with van der Waals surface area (Å²) in [4.78, 5) is 13.2. The Morgan fingerprint density at radius 1 is 1.18 bits per heavy atom. The lowest BCUT2D eigenvalue weighted by atomic mass is 10.0. The van der Waals surface area contributed by atoms with Gasteiger partial charge in [-0.05, 0) is 43.9 Å². The van der Waals surface area contributed by atoms with Gasteiger partial charge in [0.15, 0.2) is 0 Å². The standard InChI is InChI=1S/C14H19NO2/c1-11(14(16)17)12-5-7-13(8-6-12)15-9-3-2-4-10-15/h5-8,11H,2-4,9-10H2,1H3,(H,16,17). The number of carboxylic acid groups (broad SMARTS) is 1. The Hall–Kier alpha value is -1.51. The van der Waals surface area contributed by atoms with Gasteiger partial charge in [-0.2, -0.15) is 0 Å². The summed E-state index contributed by atoms with van der Waals surface area (Å²) in [5, 5.41) is 8.94. The van der Waals surface area contributed by atoms with Crippen molar-refractivity contribution in [2.75, 3.05) is 18.0 Å². The van der Waals surface area contributed by atoms with Crippen LogP contribution >= 0.6 is 0 Å². The number of carbonyl (C=O) groups is 1. The molecule has 1 aliphatic heterocycles. The number of aliphatic carboxylic acids is 1. The van der Waals surface area contributed by atoms with E-state index in [1.54, 1.807) is 6.92 Å². The van der Waals surface area contributed by atoms with Gasteiger partial charge in [-0.1, -0.05) is 12.1 Å². The van der Waals surface area contributed by atoms with Crippen molar-refractivity contribution in [2.45, 2.75) is 32.1 Å². The molecule has 1 aromatic carbocycles. The SMILES string of the molecule is CC(C(=O)O)c1ccc(N2CCCCC2)cc1. The minimum atomic E-state index is -0.768. The molecule has 0 bridgehead atoms. The molecule has 0 aromatic heterocycles. The first-order valence-electron chi connectivity index (χ1n) is 6.26. The molecule has 0 radical (unpaired) electrons. The number of rotatable bonds is 3. The average molecular weight is 233 g/mol. The van der Waals surface area contributed by atoms with Crippen molar-refractivity contribution >= 4 is 11.7 Å². The lowest BCUT2D eigenvalue weighted by Crippen LogP contribution is -2.29. The first-order chi connectivity index (χ1) is 8.18. The van der Waals surface area contributed by atoms with E-state index in [0.29, 0.717) is 0 Å². The van der Waals surface area contributed by atoms with Gasteiger partial charge in [-0.3, -0.25) is 4.79 Å². The van der Waals surface area contributed by atoms with Crippen LogP contribution in [0.5, 0.6) is 0 Å². The molecule has 2 rings (SSSR count). The van der Waals surface area contributed by atoms with Crippen LogP contribution < -0.4 is 4.90 Å². The van der Waals surface area contributed by atoms with Crippen LogP contribution in [-0.2, 0) is 4.79 Å². The number of carboxylic acids is 1. The largest absolute Gasteiger partial charge is 0.481 e. The predicted octanol–water partition coefficient (Wildman–Crippen LogP) is 2.87. The van der Waals surface area contributed by atoms with Crippen molar-refractivity contribution in [1.82, 2.24) is 0 Å². The molecule has 3 heteroatoms. The Kier molecular flexibility index (Phi) is 3.67. The van der Waals surface area contributed by atoms with E-state index < -0.39 is 11.9 Å². The van der Waals surface area contributed by atoms with Gasteiger partial charge in [0.05, 0.1) is 5.92 Å². The van der Waals surface area contributed by atoms with Gasteiger partial charge in [0.25, 0.3) is 0 Å². The summed E-state index contributed by atoms with van der Waals surface area (Å²) < 4.78 is 0. The predicted molar refractivity (Wildman–Crippen MR) is 68.6 cm³/mol. The lowest BCUT2D eigenvalue weighted by molar-refractivity contribution is -0.138. The van der Waals surface area contributed by atoms with Crippen molar-refractivity contribution in [2.24, 2.45) is 0 Å². The maximum absolute atomic E-state index is 10.9. The third-order valence-electron chi connectivity index (χ3n) is 3.48. The number of nitrogens with zero attached hydrogens (tertiary/aromatic N) is 1. The number of hydrogen-bond acceptors (Lipinski definition) is 2. The van der Waals surface area contributed by atoms with Crippen LogP contribution in [0.15, 0.2) is 24.3 Å². The molecule has 1 aliphatic rings. The van der Waals surface area contributed by atoms with Gasteiger partial charge >= 0.3 is 5.97 Å². The maximum Gasteiger partial charge on any atom is 0.310 e. The minimum Gasteiger partial charge on any atom is -0.481 e. The number of anilines is 1. The first-order valence-corrected chi connectivity index (χ1v) is 6.26. The van der Waals surface area contributed by atoms with E-state index in [0.717, 1.165) is 18.7 Å². The summed E-state index contributed by atoms with van der Waals surface area (Å²) in [6.45, 7) is 3.96. The van der Waals surface area contributed by atoms with Crippen LogP contribution in [0, 0.1) is 0 Å². The second-order valence-electron chi connectivity index (χ2n) is 4.70. The molecule has 0 saturated carbocycles. The van der Waals surface area contributed by atoms with Gasteiger partial charge < -0.3 is 10.0 Å². The van der Waals surface area contributed by atoms with Crippen LogP contribution in [0.25, 0.3) is 0 Å². The smallest absolute Gasteiger partial charge is 0.310 e. The molecular weight excluding hydrogens is 214 g/mol. The zero-order valence-corrected chi connectivity index (χ0v) is 10.2. The Bertz CT molecular complexity index is 380. The van der Waals surface area contributed by atoms with Crippen molar-refractivity contribution in [3.8, 4) is 0 Å². The normalized spacial score (nSPS) is 17.8. The average Bonchev–Trinajstić information content (AvgIpc) is 2.39. The highest BCUT2D eigenvalue weighted by Gasteiger charge is 2.15. The van der Waals surface area contributed by atoms with Crippen LogP contribution in [0.1, 0.15) is 37.7 Å². The number of hydrogen-bond donors (Lipinski definition) is 1. The summed E-state index contributed by atoms with van der Waals surface area (Å²) in [5.41, 5.74) is 2.09. The van der Waals surface area contributed by atoms with E-state index in [-0.39, 0.29) is 0 Å². The van der Waals surface area contributed by atoms with Crippen molar-refractivity contribution < 1.29 is 9.90 Å². The summed E-state index contributed by atoms with van der Waals surface area (Å²) in [5.74, 6) is -1.19. The number of benzene rings is 1. The second kappa shape index (κ2) is 5.21. The summed E-state index contributed by atoms with van der Waals surface area (Å²) in [7, 11) is 0. The van der Waals surface area contributed by atoms with Crippen LogP contribution in [0.2, 0.25) is 0 Å². The molecule has 1 unspecified atom stereocenters.